The molecule has 1 atom stereocenters. The van der Waals surface area contributed by atoms with E-state index in [4.69, 9.17) is 10.1 Å². The molecule has 2 saturated heterocycles. The first-order valence-electron chi connectivity index (χ1n) is 14.2. The summed E-state index contributed by atoms with van der Waals surface area (Å²) < 4.78 is 15.8. The van der Waals surface area contributed by atoms with Gasteiger partial charge < -0.3 is 15.5 Å². The van der Waals surface area contributed by atoms with Crippen LogP contribution in [0.1, 0.15) is 37.3 Å². The molecule has 0 radical (unpaired) electrons. The van der Waals surface area contributed by atoms with Gasteiger partial charge in [-0.15, -0.1) is 17.9 Å². The molecular formula is C33H35FN8. The smallest absolute Gasteiger partial charge is 0.154 e. The molecule has 7 rings (SSSR count). The zero-order chi connectivity index (χ0) is 29.5. The number of imidazole rings is 1. The summed E-state index contributed by atoms with van der Waals surface area (Å²) in [6.07, 6.45) is 16.1. The average Bonchev–Trinajstić information content (AvgIpc) is 3.84. The first-order chi connectivity index (χ1) is 20.7. The van der Waals surface area contributed by atoms with E-state index in [-0.39, 0.29) is 11.9 Å². The number of pyridine rings is 2. The molecule has 6 heterocycles. The number of benzene rings is 1. The number of terminal acetylenes is 1. The standard InChI is InChI=1S/C30H28FN7.C2H2.CH5N/c31-23-7-3-6-22(18-23)26-10-5-17-37(26)29-12-11-28-33-20-27(38(28)35-29)25-9-4-8-24(34-25)21-13-14-32-30(19-21)36-15-1-2-16-36;2*1-2/h3-4,6-9,11-14,18-20,26H,1-2,5,10,15-17H2;1-2H;2H2,1H3/t26-;;/m1../s1. The number of nitrogens with two attached hydrogens (primary N) is 1. The van der Waals surface area contributed by atoms with Gasteiger partial charge in [0.15, 0.2) is 5.65 Å². The van der Waals surface area contributed by atoms with E-state index < -0.39 is 0 Å². The second-order valence-corrected chi connectivity index (χ2v) is 10.0. The van der Waals surface area contributed by atoms with Gasteiger partial charge in [-0.1, -0.05) is 18.2 Å². The van der Waals surface area contributed by atoms with Crippen molar-refractivity contribution in [2.75, 3.05) is 36.5 Å². The Bertz CT molecular complexity index is 1660. The average molecular weight is 563 g/mol. The van der Waals surface area contributed by atoms with Crippen LogP contribution < -0.4 is 15.5 Å². The second-order valence-electron chi connectivity index (χ2n) is 10.0. The van der Waals surface area contributed by atoms with E-state index in [1.807, 2.05) is 59.4 Å². The summed E-state index contributed by atoms with van der Waals surface area (Å²) in [5.74, 6) is 1.65. The Morgan fingerprint density at radius 3 is 2.43 bits per heavy atom. The first kappa shape index (κ1) is 28.7. The Hall–Kier alpha value is -4.81. The fourth-order valence-corrected chi connectivity index (χ4v) is 5.73. The summed E-state index contributed by atoms with van der Waals surface area (Å²) in [7, 11) is 1.50. The van der Waals surface area contributed by atoms with Crippen molar-refractivity contribution in [1.82, 2.24) is 24.6 Å². The summed E-state index contributed by atoms with van der Waals surface area (Å²) >= 11 is 0. The van der Waals surface area contributed by atoms with Crippen LogP contribution in [0.5, 0.6) is 0 Å². The van der Waals surface area contributed by atoms with Crippen LogP contribution in [-0.2, 0) is 0 Å². The molecule has 42 heavy (non-hydrogen) atoms. The lowest BCUT2D eigenvalue weighted by Crippen LogP contribution is -2.24. The van der Waals surface area contributed by atoms with Crippen molar-refractivity contribution in [3.05, 3.63) is 90.5 Å². The van der Waals surface area contributed by atoms with Crippen molar-refractivity contribution >= 4 is 17.3 Å². The van der Waals surface area contributed by atoms with Gasteiger partial charge in [0.1, 0.15) is 23.1 Å². The summed E-state index contributed by atoms with van der Waals surface area (Å²) in [5.41, 5.74) is 9.82. The molecule has 0 aliphatic carbocycles. The molecule has 0 saturated carbocycles. The molecule has 8 nitrogen and oxygen atoms in total. The first-order valence-corrected chi connectivity index (χ1v) is 14.2. The molecule has 2 fully saturated rings. The lowest BCUT2D eigenvalue weighted by atomic mass is 10.0. The maximum absolute atomic E-state index is 14.0. The van der Waals surface area contributed by atoms with E-state index in [1.165, 1.54) is 26.0 Å². The van der Waals surface area contributed by atoms with Gasteiger partial charge in [0.2, 0.25) is 0 Å². The number of aromatic nitrogens is 5. The van der Waals surface area contributed by atoms with E-state index in [9.17, 15) is 4.39 Å². The Morgan fingerprint density at radius 1 is 0.833 bits per heavy atom. The maximum atomic E-state index is 14.0. The number of hydrogen-bond acceptors (Lipinski definition) is 7. The third-order valence-electron chi connectivity index (χ3n) is 7.61. The quantitative estimate of drug-likeness (QED) is 0.273. The van der Waals surface area contributed by atoms with Crippen LogP contribution in [0.3, 0.4) is 0 Å². The highest BCUT2D eigenvalue weighted by molar-refractivity contribution is 5.68. The summed E-state index contributed by atoms with van der Waals surface area (Å²) in [6.45, 7) is 2.98. The Morgan fingerprint density at radius 2 is 1.62 bits per heavy atom. The molecule has 2 N–H and O–H groups in total. The van der Waals surface area contributed by atoms with Crippen LogP contribution >= 0.6 is 0 Å². The molecule has 0 amide bonds. The largest absolute Gasteiger partial charge is 0.357 e. The lowest BCUT2D eigenvalue weighted by Gasteiger charge is -2.26. The van der Waals surface area contributed by atoms with Crippen molar-refractivity contribution in [2.24, 2.45) is 5.73 Å². The highest BCUT2D eigenvalue weighted by atomic mass is 19.1. The van der Waals surface area contributed by atoms with Crippen molar-refractivity contribution in [3.63, 3.8) is 0 Å². The van der Waals surface area contributed by atoms with Crippen LogP contribution in [0, 0.1) is 18.7 Å². The van der Waals surface area contributed by atoms with Crippen LogP contribution in [0.15, 0.2) is 79.1 Å². The fraction of sp³-hybridized carbons (Fsp3) is 0.273. The number of rotatable bonds is 5. The van der Waals surface area contributed by atoms with Crippen LogP contribution in [0.2, 0.25) is 0 Å². The third-order valence-corrected chi connectivity index (χ3v) is 7.61. The number of halogens is 1. The zero-order valence-corrected chi connectivity index (χ0v) is 23.8. The predicted octanol–water partition coefficient (Wildman–Crippen LogP) is 5.76. The summed E-state index contributed by atoms with van der Waals surface area (Å²) in [4.78, 5) is 18.8. The van der Waals surface area contributed by atoms with Gasteiger partial charge in [-0.3, -0.25) is 0 Å². The van der Waals surface area contributed by atoms with Crippen molar-refractivity contribution in [2.45, 2.75) is 31.7 Å². The number of nitrogens with zero attached hydrogens (tertiary/aromatic N) is 7. The van der Waals surface area contributed by atoms with Crippen LogP contribution in [0.4, 0.5) is 16.0 Å². The third kappa shape index (κ3) is 5.80. The molecule has 5 aromatic rings. The molecule has 0 unspecified atom stereocenters. The molecule has 2 aliphatic heterocycles. The molecule has 9 heteroatoms. The number of fused-ring (bicyclic) bond motifs is 1. The number of anilines is 2. The van der Waals surface area contributed by atoms with Crippen LogP contribution in [-0.4, -0.2) is 51.2 Å². The van der Waals surface area contributed by atoms with E-state index >= 15 is 0 Å². The Balaban J connectivity index is 0.000000847. The van der Waals surface area contributed by atoms with Crippen molar-refractivity contribution in [1.29, 1.82) is 0 Å². The highest BCUT2D eigenvalue weighted by Gasteiger charge is 2.28. The fourth-order valence-electron chi connectivity index (χ4n) is 5.73. The minimum absolute atomic E-state index is 0.0977. The van der Waals surface area contributed by atoms with Crippen molar-refractivity contribution < 1.29 is 4.39 Å². The number of hydrogen-bond donors (Lipinski definition) is 1. The molecule has 1 aromatic carbocycles. The van der Waals surface area contributed by atoms with Gasteiger partial charge in [-0.2, -0.15) is 0 Å². The Kier molecular flexibility index (Phi) is 9.05. The predicted molar refractivity (Wildman–Crippen MR) is 167 cm³/mol. The highest BCUT2D eigenvalue weighted by Crippen LogP contribution is 2.36. The van der Waals surface area contributed by atoms with E-state index in [0.717, 1.165) is 78.0 Å². The Labute approximate surface area is 246 Å². The SMILES string of the molecule is C#C.CN.Fc1cccc([C@H]2CCCN2c2ccc3ncc(-c4cccc(-c5ccnc(N6CCCC6)c5)n4)n3n2)c1. The van der Waals surface area contributed by atoms with E-state index in [0.29, 0.717) is 0 Å². The van der Waals surface area contributed by atoms with Gasteiger partial charge in [0, 0.05) is 31.4 Å². The topological polar surface area (TPSA) is 88.5 Å². The molecular weight excluding hydrogens is 527 g/mol. The van der Waals surface area contributed by atoms with E-state index in [2.05, 4.69) is 44.4 Å². The minimum atomic E-state index is -0.206. The molecule has 214 valence electrons. The molecule has 0 spiro atoms. The van der Waals surface area contributed by atoms with Gasteiger partial charge >= 0.3 is 0 Å². The van der Waals surface area contributed by atoms with Crippen LogP contribution in [0.25, 0.3) is 28.3 Å². The lowest BCUT2D eigenvalue weighted by molar-refractivity contribution is 0.617. The van der Waals surface area contributed by atoms with Gasteiger partial charge in [0.05, 0.1) is 23.6 Å². The van der Waals surface area contributed by atoms with Gasteiger partial charge in [0.25, 0.3) is 0 Å². The van der Waals surface area contributed by atoms with Gasteiger partial charge in [-0.25, -0.2) is 23.9 Å². The molecule has 0 bridgehead atoms. The minimum Gasteiger partial charge on any atom is -0.357 e. The molecule has 2 aliphatic rings. The van der Waals surface area contributed by atoms with E-state index in [1.54, 1.807) is 12.1 Å². The maximum Gasteiger partial charge on any atom is 0.154 e. The second kappa shape index (κ2) is 13.2. The molecule has 4 aromatic heterocycles. The summed E-state index contributed by atoms with van der Waals surface area (Å²) in [5, 5.41) is 4.99. The summed E-state index contributed by atoms with van der Waals surface area (Å²) in [6, 6.07) is 21.2. The monoisotopic (exact) mass is 562 g/mol. The normalized spacial score (nSPS) is 16.1. The zero-order valence-electron chi connectivity index (χ0n) is 23.8. The van der Waals surface area contributed by atoms with Gasteiger partial charge in [-0.05, 0) is 86.8 Å². The van der Waals surface area contributed by atoms with Crippen molar-refractivity contribution in [3.8, 4) is 35.5 Å².